The van der Waals surface area contributed by atoms with E-state index in [1.165, 1.54) is 11.0 Å². The average molecular weight is 347 g/mol. The van der Waals surface area contributed by atoms with Crippen molar-refractivity contribution in [3.8, 4) is 0 Å². The van der Waals surface area contributed by atoms with Crippen LogP contribution in [-0.2, 0) is 4.79 Å². The third kappa shape index (κ3) is 3.42. The second-order valence-corrected chi connectivity index (χ2v) is 6.50. The van der Waals surface area contributed by atoms with Gasteiger partial charge in [-0.2, -0.15) is 0 Å². The monoisotopic (exact) mass is 347 g/mol. The first-order valence-corrected chi connectivity index (χ1v) is 8.56. The number of aliphatic carboxylic acids is 1. The number of carbonyl (C=O) groups is 2. The Labute approximate surface area is 145 Å². The van der Waals surface area contributed by atoms with Crippen molar-refractivity contribution >= 4 is 23.3 Å². The molecule has 0 saturated carbocycles. The number of hydrogen-bond acceptors (Lipinski definition) is 5. The van der Waals surface area contributed by atoms with Crippen molar-refractivity contribution in [2.24, 2.45) is 0 Å². The first-order valence-electron chi connectivity index (χ1n) is 8.56. The Balaban J connectivity index is 1.91. The van der Waals surface area contributed by atoms with Crippen LogP contribution in [0.2, 0.25) is 0 Å². The smallest absolute Gasteiger partial charge is 0.326 e. The minimum Gasteiger partial charge on any atom is -0.480 e. The Hall–Kier alpha value is -2.64. The summed E-state index contributed by atoms with van der Waals surface area (Å²) in [6, 6.07) is 3.59. The molecule has 2 heterocycles. The van der Waals surface area contributed by atoms with Gasteiger partial charge in [-0.25, -0.2) is 4.79 Å². The molecule has 2 fully saturated rings. The first kappa shape index (κ1) is 17.2. The molecule has 1 aromatic carbocycles. The molecule has 2 aliphatic heterocycles. The van der Waals surface area contributed by atoms with Crippen molar-refractivity contribution in [2.45, 2.75) is 38.1 Å². The molecule has 0 radical (unpaired) electrons. The fourth-order valence-corrected chi connectivity index (χ4v) is 3.63. The number of anilines is 1. The van der Waals surface area contributed by atoms with E-state index in [9.17, 15) is 24.8 Å². The number of nitro groups is 1. The van der Waals surface area contributed by atoms with Crippen molar-refractivity contribution in [2.75, 3.05) is 24.5 Å². The predicted molar refractivity (Wildman–Crippen MR) is 90.9 cm³/mol. The molecule has 1 atom stereocenters. The van der Waals surface area contributed by atoms with E-state index in [-0.39, 0.29) is 11.3 Å². The molecule has 0 unspecified atom stereocenters. The van der Waals surface area contributed by atoms with Crippen LogP contribution in [-0.4, -0.2) is 52.5 Å². The number of carboxylic acid groups (broad SMARTS) is 1. The van der Waals surface area contributed by atoms with E-state index < -0.39 is 22.8 Å². The molecule has 8 nitrogen and oxygen atoms in total. The van der Waals surface area contributed by atoms with Gasteiger partial charge in [-0.15, -0.1) is 0 Å². The molecule has 1 amide bonds. The number of likely N-dealkylation sites (tertiary alicyclic amines) is 1. The molecule has 1 N–H and O–H groups in total. The van der Waals surface area contributed by atoms with Crippen molar-refractivity contribution < 1.29 is 19.6 Å². The fourth-order valence-electron chi connectivity index (χ4n) is 3.63. The highest BCUT2D eigenvalue weighted by atomic mass is 16.6. The summed E-state index contributed by atoms with van der Waals surface area (Å²) >= 11 is 0. The summed E-state index contributed by atoms with van der Waals surface area (Å²) in [7, 11) is 0. The van der Waals surface area contributed by atoms with Gasteiger partial charge in [-0.05, 0) is 44.2 Å². The zero-order chi connectivity index (χ0) is 18.0. The molecule has 3 rings (SSSR count). The lowest BCUT2D eigenvalue weighted by atomic mass is 10.0. The number of carbonyl (C=O) groups excluding carboxylic acids is 1. The molecule has 0 aliphatic carbocycles. The molecule has 1 aromatic rings. The number of hydrogen-bond donors (Lipinski definition) is 1. The zero-order valence-electron chi connectivity index (χ0n) is 13.9. The molecule has 0 bridgehead atoms. The van der Waals surface area contributed by atoms with E-state index in [0.717, 1.165) is 38.8 Å². The number of amides is 1. The van der Waals surface area contributed by atoms with E-state index >= 15 is 0 Å². The van der Waals surface area contributed by atoms with Crippen molar-refractivity contribution in [1.82, 2.24) is 4.90 Å². The maximum Gasteiger partial charge on any atom is 0.326 e. The highest BCUT2D eigenvalue weighted by Gasteiger charge is 2.33. The van der Waals surface area contributed by atoms with E-state index in [0.29, 0.717) is 18.7 Å². The number of piperidine rings is 1. The van der Waals surface area contributed by atoms with Gasteiger partial charge in [0.25, 0.3) is 11.6 Å². The van der Waals surface area contributed by atoms with Crippen molar-refractivity contribution in [1.29, 1.82) is 0 Å². The minimum absolute atomic E-state index is 0.100. The fraction of sp³-hybridized carbons (Fsp3) is 0.529. The van der Waals surface area contributed by atoms with E-state index in [4.69, 9.17) is 0 Å². The number of rotatable bonds is 4. The summed E-state index contributed by atoms with van der Waals surface area (Å²) < 4.78 is 0. The molecule has 134 valence electrons. The normalized spacial score (nSPS) is 20.6. The van der Waals surface area contributed by atoms with E-state index in [1.54, 1.807) is 12.1 Å². The third-order valence-electron chi connectivity index (χ3n) is 4.91. The summed E-state index contributed by atoms with van der Waals surface area (Å²) in [6.45, 7) is 1.89. The average Bonchev–Trinajstić information content (AvgIpc) is 3.15. The summed E-state index contributed by atoms with van der Waals surface area (Å²) in [4.78, 5) is 38.4. The summed E-state index contributed by atoms with van der Waals surface area (Å²) in [5.41, 5.74) is 0.590. The second-order valence-electron chi connectivity index (χ2n) is 6.50. The van der Waals surface area contributed by atoms with Gasteiger partial charge < -0.3 is 14.9 Å². The van der Waals surface area contributed by atoms with Crippen LogP contribution >= 0.6 is 0 Å². The Morgan fingerprint density at radius 3 is 2.44 bits per heavy atom. The Morgan fingerprint density at radius 2 is 1.80 bits per heavy atom. The molecular weight excluding hydrogens is 326 g/mol. The summed E-state index contributed by atoms with van der Waals surface area (Å²) in [5, 5.41) is 20.8. The second kappa shape index (κ2) is 7.08. The van der Waals surface area contributed by atoms with Gasteiger partial charge in [0.1, 0.15) is 11.7 Å². The summed E-state index contributed by atoms with van der Waals surface area (Å²) in [6.07, 6.45) is 3.89. The maximum atomic E-state index is 12.7. The topological polar surface area (TPSA) is 104 Å². The lowest BCUT2D eigenvalue weighted by Gasteiger charge is -2.33. The van der Waals surface area contributed by atoms with E-state index in [2.05, 4.69) is 0 Å². The molecular formula is C17H21N3O5. The van der Waals surface area contributed by atoms with Crippen LogP contribution in [0.15, 0.2) is 18.2 Å². The lowest BCUT2D eigenvalue weighted by Crippen LogP contribution is -2.48. The number of nitrogens with zero attached hydrogens (tertiary/aromatic N) is 3. The predicted octanol–water partition coefficient (Wildman–Crippen LogP) is 2.27. The molecule has 8 heteroatoms. The largest absolute Gasteiger partial charge is 0.480 e. The Bertz CT molecular complexity index is 700. The van der Waals surface area contributed by atoms with Crippen LogP contribution in [0.1, 0.15) is 42.5 Å². The van der Waals surface area contributed by atoms with Gasteiger partial charge in [-0.1, -0.05) is 0 Å². The number of nitro benzene ring substituents is 1. The molecule has 2 aliphatic rings. The SMILES string of the molecule is O=C(O)[C@H]1CCCCN1C(=O)c1ccc(N2CCCC2)c([N+](=O)[O-])c1. The van der Waals surface area contributed by atoms with Crippen LogP contribution in [0.3, 0.4) is 0 Å². The maximum absolute atomic E-state index is 12.7. The van der Waals surface area contributed by atoms with Crippen LogP contribution in [0.25, 0.3) is 0 Å². The van der Waals surface area contributed by atoms with Gasteiger partial charge in [0, 0.05) is 31.3 Å². The third-order valence-corrected chi connectivity index (χ3v) is 4.91. The first-order chi connectivity index (χ1) is 12.0. The van der Waals surface area contributed by atoms with Crippen LogP contribution < -0.4 is 4.90 Å². The van der Waals surface area contributed by atoms with Gasteiger partial charge in [0.2, 0.25) is 0 Å². The van der Waals surface area contributed by atoms with Gasteiger partial charge in [0.15, 0.2) is 0 Å². The highest BCUT2D eigenvalue weighted by molar-refractivity contribution is 5.98. The van der Waals surface area contributed by atoms with Gasteiger partial charge >= 0.3 is 5.97 Å². The molecule has 0 spiro atoms. The highest BCUT2D eigenvalue weighted by Crippen LogP contribution is 2.32. The van der Waals surface area contributed by atoms with E-state index in [1.807, 2.05) is 4.90 Å². The van der Waals surface area contributed by atoms with Crippen molar-refractivity contribution in [3.63, 3.8) is 0 Å². The lowest BCUT2D eigenvalue weighted by molar-refractivity contribution is -0.384. The standard InChI is InChI=1S/C17H21N3O5/c21-16(19-10-2-1-5-14(19)17(22)23)12-6-7-13(15(11-12)20(24)25)18-8-3-4-9-18/h6-7,11,14H,1-5,8-10H2,(H,22,23)/t14-/m1/s1. The minimum atomic E-state index is -1.03. The molecule has 25 heavy (non-hydrogen) atoms. The molecule has 0 aromatic heterocycles. The van der Waals surface area contributed by atoms with Crippen LogP contribution in [0.4, 0.5) is 11.4 Å². The number of benzene rings is 1. The van der Waals surface area contributed by atoms with Gasteiger partial charge in [0.05, 0.1) is 4.92 Å². The zero-order valence-corrected chi connectivity index (χ0v) is 13.9. The molecule has 2 saturated heterocycles. The van der Waals surface area contributed by atoms with Crippen LogP contribution in [0.5, 0.6) is 0 Å². The van der Waals surface area contributed by atoms with Gasteiger partial charge in [-0.3, -0.25) is 14.9 Å². The Kier molecular flexibility index (Phi) is 4.87. The van der Waals surface area contributed by atoms with Crippen molar-refractivity contribution in [3.05, 3.63) is 33.9 Å². The van der Waals surface area contributed by atoms with Crippen LogP contribution in [0, 0.1) is 10.1 Å². The summed E-state index contributed by atoms with van der Waals surface area (Å²) in [5.74, 6) is -1.49. The quantitative estimate of drug-likeness (QED) is 0.662. The number of carboxylic acids is 1. The Morgan fingerprint density at radius 1 is 1.12 bits per heavy atom.